The molecule has 2 atom stereocenters. The molecule has 0 bridgehead atoms. The van der Waals surface area contributed by atoms with E-state index in [4.69, 9.17) is 4.74 Å². The van der Waals surface area contributed by atoms with Gasteiger partial charge in [-0.1, -0.05) is 18.3 Å². The lowest BCUT2D eigenvalue weighted by molar-refractivity contribution is -0.121. The van der Waals surface area contributed by atoms with Gasteiger partial charge in [0, 0.05) is 33.9 Å². The second-order valence-electron chi connectivity index (χ2n) is 6.75. The predicted octanol–water partition coefficient (Wildman–Crippen LogP) is 2.43. The maximum Gasteiger partial charge on any atom is 0.256 e. The van der Waals surface area contributed by atoms with Gasteiger partial charge in [0.25, 0.3) is 5.91 Å². The molecule has 1 fully saturated rings. The first-order valence-corrected chi connectivity index (χ1v) is 10.2. The molecule has 0 saturated carbocycles. The fourth-order valence-electron chi connectivity index (χ4n) is 3.36. The van der Waals surface area contributed by atoms with Crippen molar-refractivity contribution in [2.45, 2.75) is 52.3 Å². The van der Waals surface area contributed by atoms with Crippen LogP contribution in [0.15, 0.2) is 12.1 Å². The smallest absolute Gasteiger partial charge is 0.256 e. The van der Waals surface area contributed by atoms with E-state index < -0.39 is 12.3 Å². The molecule has 0 aliphatic carbocycles. The summed E-state index contributed by atoms with van der Waals surface area (Å²) >= 11 is 0. The van der Waals surface area contributed by atoms with Crippen LogP contribution in [0.25, 0.3) is 0 Å². The highest BCUT2D eigenvalue weighted by Gasteiger charge is 2.42. The van der Waals surface area contributed by atoms with Gasteiger partial charge in [0.15, 0.2) is 6.23 Å². The molecule has 30 heavy (non-hydrogen) atoms. The summed E-state index contributed by atoms with van der Waals surface area (Å²) < 4.78 is 24.6. The standard InChI is InChI=1S/C17H22FN3O4.C2H6O.C2H6/c1-10-8-11-13(9-14(10)25-7-5-15(22)19-2)21(18)17(24)12-4-3-6-20(12)16(11)23;1-3-2;1-2/h8-9,12,17,24H,3-7H2,1-2H3,(H,19,22);1-2H3;1-2H3/t12-,17?;;/m0../s1. The lowest BCUT2D eigenvalue weighted by Gasteiger charge is -2.27. The number of amides is 2. The highest BCUT2D eigenvalue weighted by molar-refractivity contribution is 6.01. The highest BCUT2D eigenvalue weighted by atomic mass is 19.2. The number of carbonyl (C=O) groups is 2. The van der Waals surface area contributed by atoms with Gasteiger partial charge in [-0.05, 0) is 31.4 Å². The number of aryl methyl sites for hydroxylation is 1. The number of nitrogens with one attached hydrogen (secondary N) is 1. The van der Waals surface area contributed by atoms with Crippen LogP contribution in [-0.2, 0) is 9.53 Å². The van der Waals surface area contributed by atoms with Crippen molar-refractivity contribution in [1.29, 1.82) is 0 Å². The van der Waals surface area contributed by atoms with E-state index >= 15 is 0 Å². The van der Waals surface area contributed by atoms with Gasteiger partial charge < -0.3 is 24.8 Å². The van der Waals surface area contributed by atoms with Gasteiger partial charge in [0.2, 0.25) is 5.91 Å². The van der Waals surface area contributed by atoms with Crippen molar-refractivity contribution in [2.75, 3.05) is 39.5 Å². The van der Waals surface area contributed by atoms with Crippen molar-refractivity contribution < 1.29 is 28.7 Å². The third-order valence-electron chi connectivity index (χ3n) is 4.76. The first-order chi connectivity index (χ1) is 14.3. The van der Waals surface area contributed by atoms with Gasteiger partial charge in [-0.15, -0.1) is 0 Å². The Morgan fingerprint density at radius 1 is 1.33 bits per heavy atom. The quantitative estimate of drug-likeness (QED) is 0.717. The molecule has 2 aliphatic rings. The summed E-state index contributed by atoms with van der Waals surface area (Å²) in [6, 6.07) is 2.44. The van der Waals surface area contributed by atoms with Crippen LogP contribution in [-0.4, -0.2) is 68.5 Å². The molecule has 2 aliphatic heterocycles. The number of aliphatic hydroxyl groups is 1. The minimum atomic E-state index is -1.41. The monoisotopic (exact) mass is 427 g/mol. The largest absolute Gasteiger partial charge is 0.493 e. The van der Waals surface area contributed by atoms with Crippen molar-refractivity contribution in [3.05, 3.63) is 23.3 Å². The molecule has 2 amide bonds. The minimum absolute atomic E-state index is 0.00700. The number of aliphatic hydroxyl groups excluding tert-OH is 1. The van der Waals surface area contributed by atoms with Crippen LogP contribution in [0.1, 0.15) is 49.0 Å². The van der Waals surface area contributed by atoms with Crippen molar-refractivity contribution in [3.8, 4) is 5.75 Å². The minimum Gasteiger partial charge on any atom is -0.493 e. The Morgan fingerprint density at radius 2 is 1.97 bits per heavy atom. The molecule has 0 aromatic heterocycles. The van der Waals surface area contributed by atoms with E-state index in [1.54, 1.807) is 27.2 Å². The zero-order valence-corrected chi connectivity index (χ0v) is 18.7. The Morgan fingerprint density at radius 3 is 2.57 bits per heavy atom. The van der Waals surface area contributed by atoms with E-state index in [9.17, 15) is 19.2 Å². The van der Waals surface area contributed by atoms with E-state index in [1.807, 2.05) is 13.8 Å². The summed E-state index contributed by atoms with van der Waals surface area (Å²) in [5.41, 5.74) is 0.874. The van der Waals surface area contributed by atoms with Crippen LogP contribution >= 0.6 is 0 Å². The van der Waals surface area contributed by atoms with Gasteiger partial charge in [-0.25, -0.2) is 0 Å². The summed E-state index contributed by atoms with van der Waals surface area (Å²) in [5.74, 6) is -0.0603. The first-order valence-electron chi connectivity index (χ1n) is 10.2. The molecule has 170 valence electrons. The fourth-order valence-corrected chi connectivity index (χ4v) is 3.36. The second kappa shape index (κ2) is 12.3. The Balaban J connectivity index is 0.000000826. The maximum atomic E-state index is 14.7. The van der Waals surface area contributed by atoms with Crippen LogP contribution < -0.4 is 15.2 Å². The van der Waals surface area contributed by atoms with E-state index in [2.05, 4.69) is 10.1 Å². The number of carbonyl (C=O) groups excluding carboxylic acids is 2. The molecule has 0 spiro atoms. The number of halogens is 1. The Kier molecular flexibility index (Phi) is 10.5. The highest BCUT2D eigenvalue weighted by Crippen LogP contribution is 2.38. The Labute approximate surface area is 177 Å². The average molecular weight is 428 g/mol. The van der Waals surface area contributed by atoms with E-state index in [-0.39, 0.29) is 41.2 Å². The van der Waals surface area contributed by atoms with Crippen molar-refractivity contribution in [2.24, 2.45) is 0 Å². The number of fused-ring (bicyclic) bond motifs is 2. The van der Waals surface area contributed by atoms with E-state index in [0.29, 0.717) is 24.3 Å². The lowest BCUT2D eigenvalue weighted by Crippen LogP contribution is -2.45. The van der Waals surface area contributed by atoms with Crippen LogP contribution in [0.4, 0.5) is 10.2 Å². The molecule has 1 saturated heterocycles. The normalized spacial score (nSPS) is 19.4. The van der Waals surface area contributed by atoms with Crippen LogP contribution in [0.5, 0.6) is 5.75 Å². The first kappa shape index (κ1) is 25.6. The molecule has 1 unspecified atom stereocenters. The SMILES string of the molecule is CC.CNC(=O)CCOc1cc2c(cc1C)C(=O)N1CCC[C@H]1C(O)N2F.COC. The number of methoxy groups -OCH3 is 1. The number of hydrogen-bond acceptors (Lipinski definition) is 6. The van der Waals surface area contributed by atoms with Gasteiger partial charge in [-0.2, -0.15) is 5.12 Å². The molecule has 3 rings (SSSR count). The van der Waals surface area contributed by atoms with Crippen molar-refractivity contribution in [3.63, 3.8) is 0 Å². The number of nitrogens with zero attached hydrogens (tertiary/aromatic N) is 2. The Bertz CT molecular complexity index is 716. The molecule has 1 aromatic rings. The maximum absolute atomic E-state index is 14.7. The number of ether oxygens (including phenoxy) is 2. The number of benzene rings is 1. The van der Waals surface area contributed by atoms with Crippen LogP contribution in [0, 0.1) is 6.92 Å². The molecular weight excluding hydrogens is 393 g/mol. The average Bonchev–Trinajstić information content (AvgIpc) is 3.22. The Hall–Kier alpha value is -2.39. The summed E-state index contributed by atoms with van der Waals surface area (Å²) in [6.45, 7) is 6.41. The molecular formula is C21H34FN3O5. The number of anilines is 1. The lowest BCUT2D eigenvalue weighted by atomic mass is 10.1. The van der Waals surface area contributed by atoms with Gasteiger partial charge >= 0.3 is 0 Å². The molecule has 9 heteroatoms. The van der Waals surface area contributed by atoms with Crippen LogP contribution in [0.3, 0.4) is 0 Å². The molecule has 1 aromatic carbocycles. The van der Waals surface area contributed by atoms with Crippen molar-refractivity contribution in [1.82, 2.24) is 10.2 Å². The topological polar surface area (TPSA) is 91.3 Å². The molecule has 8 nitrogen and oxygen atoms in total. The third-order valence-corrected chi connectivity index (χ3v) is 4.76. The number of rotatable bonds is 4. The summed E-state index contributed by atoms with van der Waals surface area (Å²) in [5, 5.41) is 13.0. The van der Waals surface area contributed by atoms with E-state index in [1.165, 1.54) is 18.0 Å². The van der Waals surface area contributed by atoms with Gasteiger partial charge in [0.1, 0.15) is 5.75 Å². The number of hydrogen-bond donors (Lipinski definition) is 2. The van der Waals surface area contributed by atoms with E-state index in [0.717, 1.165) is 6.42 Å². The summed E-state index contributed by atoms with van der Waals surface area (Å²) in [4.78, 5) is 25.6. The molecule has 0 radical (unpaired) electrons. The van der Waals surface area contributed by atoms with Gasteiger partial charge in [0.05, 0.1) is 30.3 Å². The summed E-state index contributed by atoms with van der Waals surface area (Å²) in [6.07, 6.45) is 0.0738. The van der Waals surface area contributed by atoms with Gasteiger partial charge in [-0.3, -0.25) is 9.59 Å². The zero-order valence-electron chi connectivity index (χ0n) is 18.7. The van der Waals surface area contributed by atoms with Crippen LogP contribution in [0.2, 0.25) is 0 Å². The second-order valence-corrected chi connectivity index (χ2v) is 6.75. The fraction of sp³-hybridized carbons (Fsp3) is 0.619. The molecule has 2 N–H and O–H groups in total. The van der Waals surface area contributed by atoms with Crippen molar-refractivity contribution >= 4 is 17.5 Å². The summed E-state index contributed by atoms with van der Waals surface area (Å²) in [7, 11) is 4.79. The predicted molar refractivity (Wildman–Crippen MR) is 113 cm³/mol. The zero-order chi connectivity index (χ0) is 22.8. The third kappa shape index (κ3) is 5.82. The molecule has 2 heterocycles.